The highest BCUT2D eigenvalue weighted by Gasteiger charge is 2.42. The largest absolute Gasteiger partial charge is 0.379 e. The number of benzene rings is 1. The molecule has 1 aliphatic rings. The Morgan fingerprint density at radius 2 is 2.09 bits per heavy atom. The minimum atomic E-state index is -1.09. The van der Waals surface area contributed by atoms with Gasteiger partial charge in [-0.1, -0.05) is 35.0 Å². The molecular formula is C16H20ClN3O3. The Kier molecular flexibility index (Phi) is 5.26. The second-order valence-electron chi connectivity index (χ2n) is 5.81. The molecular weight excluding hydrogens is 318 g/mol. The molecule has 2 rings (SSSR count). The standard InChI is InChI=1S/C16H20ClN3O3/c1-16(15(22)18-9-8-14(21)20(2)3)10-13(19-23-16)11-6-4-5-7-12(11)17/h4-7H,8-10H2,1-3H3,(H,18,22). The van der Waals surface area contributed by atoms with Crippen molar-refractivity contribution in [2.24, 2.45) is 5.16 Å². The van der Waals surface area contributed by atoms with Gasteiger partial charge < -0.3 is 15.1 Å². The van der Waals surface area contributed by atoms with E-state index in [2.05, 4.69) is 10.5 Å². The zero-order chi connectivity index (χ0) is 17.0. The van der Waals surface area contributed by atoms with Gasteiger partial charge in [-0.3, -0.25) is 9.59 Å². The number of carbonyl (C=O) groups is 2. The van der Waals surface area contributed by atoms with Crippen molar-refractivity contribution in [1.82, 2.24) is 10.2 Å². The van der Waals surface area contributed by atoms with Crippen LogP contribution in [0.3, 0.4) is 0 Å². The van der Waals surface area contributed by atoms with Gasteiger partial charge in [0, 0.05) is 44.1 Å². The number of carbonyl (C=O) groups excluding carboxylic acids is 2. The van der Waals surface area contributed by atoms with Crippen LogP contribution in [0.1, 0.15) is 25.3 Å². The summed E-state index contributed by atoms with van der Waals surface area (Å²) in [7, 11) is 3.35. The molecule has 0 radical (unpaired) electrons. The molecule has 23 heavy (non-hydrogen) atoms. The lowest BCUT2D eigenvalue weighted by atomic mass is 9.95. The van der Waals surface area contributed by atoms with Gasteiger partial charge in [0.05, 0.1) is 5.71 Å². The van der Waals surface area contributed by atoms with Gasteiger partial charge >= 0.3 is 0 Å². The van der Waals surface area contributed by atoms with E-state index < -0.39 is 5.60 Å². The zero-order valence-corrected chi connectivity index (χ0v) is 14.2. The van der Waals surface area contributed by atoms with Crippen molar-refractivity contribution in [2.75, 3.05) is 20.6 Å². The van der Waals surface area contributed by atoms with Gasteiger partial charge in [-0.25, -0.2) is 0 Å². The second kappa shape index (κ2) is 7.00. The minimum absolute atomic E-state index is 0.0456. The third kappa shape index (κ3) is 4.01. The molecule has 0 bridgehead atoms. The highest BCUT2D eigenvalue weighted by molar-refractivity contribution is 6.34. The number of halogens is 1. The lowest BCUT2D eigenvalue weighted by molar-refractivity contribution is -0.141. The van der Waals surface area contributed by atoms with Gasteiger partial charge in [-0.15, -0.1) is 0 Å². The van der Waals surface area contributed by atoms with Gasteiger partial charge in [0.2, 0.25) is 11.5 Å². The first-order valence-electron chi connectivity index (χ1n) is 7.32. The maximum absolute atomic E-state index is 12.3. The van der Waals surface area contributed by atoms with Gasteiger partial charge in [0.25, 0.3) is 5.91 Å². The van der Waals surface area contributed by atoms with Crippen molar-refractivity contribution >= 4 is 29.1 Å². The fraction of sp³-hybridized carbons (Fsp3) is 0.438. The first kappa shape index (κ1) is 17.3. The third-order valence-corrected chi connectivity index (χ3v) is 3.98. The van der Waals surface area contributed by atoms with Crippen LogP contribution in [0.25, 0.3) is 0 Å². The smallest absolute Gasteiger partial charge is 0.267 e. The number of hydrogen-bond acceptors (Lipinski definition) is 4. The normalized spacial score (nSPS) is 19.7. The van der Waals surface area contributed by atoms with Crippen molar-refractivity contribution in [1.29, 1.82) is 0 Å². The number of amides is 2. The van der Waals surface area contributed by atoms with Crippen LogP contribution in [0.4, 0.5) is 0 Å². The Bertz CT molecular complexity index is 645. The molecule has 1 heterocycles. The monoisotopic (exact) mass is 337 g/mol. The zero-order valence-electron chi connectivity index (χ0n) is 13.4. The first-order valence-corrected chi connectivity index (χ1v) is 7.70. The van der Waals surface area contributed by atoms with Crippen molar-refractivity contribution in [2.45, 2.75) is 25.4 Å². The van der Waals surface area contributed by atoms with E-state index in [9.17, 15) is 9.59 Å². The Hall–Kier alpha value is -2.08. The Morgan fingerprint density at radius 1 is 1.39 bits per heavy atom. The molecule has 2 amide bonds. The van der Waals surface area contributed by atoms with Crippen LogP contribution in [0, 0.1) is 0 Å². The SMILES string of the molecule is CN(C)C(=O)CCNC(=O)C1(C)CC(c2ccccc2Cl)=NO1. The molecule has 1 unspecified atom stereocenters. The molecule has 1 aromatic rings. The summed E-state index contributed by atoms with van der Waals surface area (Å²) >= 11 is 6.15. The van der Waals surface area contributed by atoms with E-state index in [1.165, 1.54) is 4.90 Å². The van der Waals surface area contributed by atoms with E-state index in [-0.39, 0.29) is 24.8 Å². The topological polar surface area (TPSA) is 71.0 Å². The second-order valence-corrected chi connectivity index (χ2v) is 6.22. The van der Waals surface area contributed by atoms with E-state index in [0.717, 1.165) is 5.56 Å². The molecule has 1 N–H and O–H groups in total. The Balaban J connectivity index is 1.93. The number of rotatable bonds is 5. The van der Waals surface area contributed by atoms with Crippen LogP contribution < -0.4 is 5.32 Å². The predicted octanol–water partition coefficient (Wildman–Crippen LogP) is 1.82. The summed E-state index contributed by atoms with van der Waals surface area (Å²) in [4.78, 5) is 30.7. The molecule has 1 atom stereocenters. The Morgan fingerprint density at radius 3 is 2.74 bits per heavy atom. The highest BCUT2D eigenvalue weighted by atomic mass is 35.5. The van der Waals surface area contributed by atoms with E-state index >= 15 is 0 Å². The fourth-order valence-corrected chi connectivity index (χ4v) is 2.44. The van der Waals surface area contributed by atoms with Crippen LogP contribution in [0.15, 0.2) is 29.4 Å². The van der Waals surface area contributed by atoms with Crippen molar-refractivity contribution in [3.05, 3.63) is 34.9 Å². The highest BCUT2D eigenvalue weighted by Crippen LogP contribution is 2.29. The van der Waals surface area contributed by atoms with Crippen LogP contribution in [-0.2, 0) is 14.4 Å². The molecule has 0 spiro atoms. The number of nitrogens with zero attached hydrogens (tertiary/aromatic N) is 2. The van der Waals surface area contributed by atoms with E-state index in [4.69, 9.17) is 16.4 Å². The van der Waals surface area contributed by atoms with Crippen LogP contribution in [-0.4, -0.2) is 48.7 Å². The van der Waals surface area contributed by atoms with E-state index in [1.54, 1.807) is 27.1 Å². The maximum Gasteiger partial charge on any atom is 0.267 e. The van der Waals surface area contributed by atoms with Crippen LogP contribution in [0.2, 0.25) is 5.02 Å². The molecule has 0 saturated heterocycles. The van der Waals surface area contributed by atoms with Gasteiger partial charge in [-0.05, 0) is 13.0 Å². The summed E-state index contributed by atoms with van der Waals surface area (Å²) in [5.74, 6) is -0.342. The first-order chi connectivity index (χ1) is 10.8. The summed E-state index contributed by atoms with van der Waals surface area (Å²) in [6, 6.07) is 7.29. The summed E-state index contributed by atoms with van der Waals surface area (Å²) in [6.45, 7) is 1.93. The molecule has 1 aliphatic heterocycles. The Labute approximate surface area is 140 Å². The van der Waals surface area contributed by atoms with E-state index in [1.807, 2.05) is 18.2 Å². The number of nitrogens with one attached hydrogen (secondary N) is 1. The van der Waals surface area contributed by atoms with Crippen molar-refractivity contribution in [3.8, 4) is 0 Å². The number of hydrogen-bond donors (Lipinski definition) is 1. The lowest BCUT2D eigenvalue weighted by Gasteiger charge is -2.20. The summed E-state index contributed by atoms with van der Waals surface area (Å²) in [6.07, 6.45) is 0.567. The molecule has 0 aliphatic carbocycles. The molecule has 7 heteroatoms. The average Bonchev–Trinajstić information content (AvgIpc) is 2.91. The molecule has 0 saturated carbocycles. The molecule has 0 aromatic heterocycles. The van der Waals surface area contributed by atoms with Crippen molar-refractivity contribution in [3.63, 3.8) is 0 Å². The number of oxime groups is 1. The van der Waals surface area contributed by atoms with Gasteiger partial charge in [0.15, 0.2) is 0 Å². The van der Waals surface area contributed by atoms with Gasteiger partial charge in [-0.2, -0.15) is 0 Å². The molecule has 1 aromatic carbocycles. The van der Waals surface area contributed by atoms with E-state index in [0.29, 0.717) is 17.2 Å². The van der Waals surface area contributed by atoms with Gasteiger partial charge in [0.1, 0.15) is 0 Å². The molecule has 124 valence electrons. The summed E-state index contributed by atoms with van der Waals surface area (Å²) < 4.78 is 0. The fourth-order valence-electron chi connectivity index (χ4n) is 2.19. The third-order valence-electron chi connectivity index (χ3n) is 3.65. The quantitative estimate of drug-likeness (QED) is 0.890. The molecule has 0 fully saturated rings. The average molecular weight is 338 g/mol. The lowest BCUT2D eigenvalue weighted by Crippen LogP contribution is -2.45. The van der Waals surface area contributed by atoms with Crippen LogP contribution in [0.5, 0.6) is 0 Å². The summed E-state index contributed by atoms with van der Waals surface area (Å²) in [5, 5.41) is 7.29. The minimum Gasteiger partial charge on any atom is -0.379 e. The van der Waals surface area contributed by atoms with Crippen LogP contribution >= 0.6 is 11.6 Å². The molecule has 6 nitrogen and oxygen atoms in total. The predicted molar refractivity (Wildman–Crippen MR) is 88.4 cm³/mol. The van der Waals surface area contributed by atoms with Crippen molar-refractivity contribution < 1.29 is 14.4 Å². The summed E-state index contributed by atoms with van der Waals surface area (Å²) in [5.41, 5.74) is 0.307. The maximum atomic E-state index is 12.3.